The minimum absolute atomic E-state index is 0.292. The fraction of sp³-hybridized carbons (Fsp3) is 0.400. The molecule has 0 unspecified atom stereocenters. The van der Waals surface area contributed by atoms with E-state index in [-0.39, 0.29) is 0 Å². The maximum absolute atomic E-state index is 6.43. The summed E-state index contributed by atoms with van der Waals surface area (Å²) < 4.78 is 11.2. The Bertz CT molecular complexity index is 623. The van der Waals surface area contributed by atoms with Crippen LogP contribution < -0.4 is 9.47 Å². The topological polar surface area (TPSA) is 31.4 Å². The van der Waals surface area contributed by atoms with E-state index in [1.165, 1.54) is 12.8 Å². The molecule has 1 heterocycles. The smallest absolute Gasteiger partial charge is 0.258 e. The molecule has 1 aromatic carbocycles. The number of fused-ring (bicyclic) bond motifs is 1. The first-order valence-corrected chi connectivity index (χ1v) is 6.76. The van der Waals surface area contributed by atoms with Crippen molar-refractivity contribution >= 4 is 22.5 Å². The van der Waals surface area contributed by atoms with E-state index in [0.29, 0.717) is 28.7 Å². The Kier molecular flexibility index (Phi) is 3.02. The van der Waals surface area contributed by atoms with Crippen molar-refractivity contribution < 1.29 is 9.47 Å². The van der Waals surface area contributed by atoms with E-state index in [1.807, 2.05) is 24.3 Å². The van der Waals surface area contributed by atoms with Gasteiger partial charge in [-0.3, -0.25) is 0 Å². The highest BCUT2D eigenvalue weighted by molar-refractivity contribution is 6.37. The number of rotatable bonds is 4. The number of halogens is 1. The second-order valence-electron chi connectivity index (χ2n) is 5.38. The standard InChI is InChI=1S/C15H16ClNO2/c1-15(7-8-15)9-19-13-12(16)10-5-3-4-6-11(10)17-14(13)18-2/h3-6H,7-9H2,1-2H3. The van der Waals surface area contributed by atoms with E-state index in [2.05, 4.69) is 11.9 Å². The first kappa shape index (κ1) is 12.5. The van der Waals surface area contributed by atoms with E-state index in [1.54, 1.807) is 7.11 Å². The lowest BCUT2D eigenvalue weighted by molar-refractivity contribution is 0.234. The molecular weight excluding hydrogens is 262 g/mol. The summed E-state index contributed by atoms with van der Waals surface area (Å²) in [6.45, 7) is 2.87. The van der Waals surface area contributed by atoms with Gasteiger partial charge in [0.1, 0.15) is 0 Å². The van der Waals surface area contributed by atoms with Crippen LogP contribution in [0.4, 0.5) is 0 Å². The van der Waals surface area contributed by atoms with Crippen molar-refractivity contribution in [3.05, 3.63) is 29.3 Å². The minimum atomic E-state index is 0.292. The second kappa shape index (κ2) is 4.57. The molecule has 3 rings (SSSR count). The fourth-order valence-corrected chi connectivity index (χ4v) is 2.30. The van der Waals surface area contributed by atoms with Crippen LogP contribution in [-0.4, -0.2) is 18.7 Å². The molecule has 1 aliphatic rings. The van der Waals surface area contributed by atoms with Crippen molar-refractivity contribution in [1.29, 1.82) is 0 Å². The van der Waals surface area contributed by atoms with E-state index < -0.39 is 0 Å². The summed E-state index contributed by atoms with van der Waals surface area (Å²) in [5.74, 6) is 1.00. The zero-order chi connectivity index (χ0) is 13.5. The molecule has 0 atom stereocenters. The lowest BCUT2D eigenvalue weighted by Crippen LogP contribution is -2.10. The van der Waals surface area contributed by atoms with Crippen LogP contribution in [-0.2, 0) is 0 Å². The maximum atomic E-state index is 6.43. The zero-order valence-corrected chi connectivity index (χ0v) is 11.8. The van der Waals surface area contributed by atoms with Gasteiger partial charge in [0.25, 0.3) is 5.88 Å². The van der Waals surface area contributed by atoms with Gasteiger partial charge in [0.15, 0.2) is 0 Å². The van der Waals surface area contributed by atoms with E-state index in [0.717, 1.165) is 10.9 Å². The van der Waals surface area contributed by atoms with Gasteiger partial charge in [0.2, 0.25) is 5.75 Å². The van der Waals surface area contributed by atoms with Crippen molar-refractivity contribution in [3.63, 3.8) is 0 Å². The average Bonchev–Trinajstić information content (AvgIpc) is 3.16. The Morgan fingerprint density at radius 3 is 2.74 bits per heavy atom. The summed E-state index contributed by atoms with van der Waals surface area (Å²) in [6, 6.07) is 7.72. The fourth-order valence-electron chi connectivity index (χ4n) is 2.00. The van der Waals surface area contributed by atoms with Crippen LogP contribution in [0.15, 0.2) is 24.3 Å². The van der Waals surface area contributed by atoms with Crippen LogP contribution in [0, 0.1) is 5.41 Å². The lowest BCUT2D eigenvalue weighted by atomic mass is 10.2. The highest BCUT2D eigenvalue weighted by atomic mass is 35.5. The molecule has 0 N–H and O–H groups in total. The van der Waals surface area contributed by atoms with Crippen LogP contribution in [0.2, 0.25) is 5.02 Å². The molecule has 0 aliphatic heterocycles. The summed E-state index contributed by atoms with van der Waals surface area (Å²) in [5, 5.41) is 1.47. The number of hydrogen-bond donors (Lipinski definition) is 0. The summed E-state index contributed by atoms with van der Waals surface area (Å²) in [6.07, 6.45) is 2.40. The van der Waals surface area contributed by atoms with Gasteiger partial charge in [-0.2, -0.15) is 0 Å². The monoisotopic (exact) mass is 277 g/mol. The van der Waals surface area contributed by atoms with Crippen LogP contribution in [0.3, 0.4) is 0 Å². The molecule has 4 heteroatoms. The lowest BCUT2D eigenvalue weighted by Gasteiger charge is -2.15. The van der Waals surface area contributed by atoms with Crippen molar-refractivity contribution in [2.24, 2.45) is 5.41 Å². The quantitative estimate of drug-likeness (QED) is 0.844. The summed E-state index contributed by atoms with van der Waals surface area (Å²) in [4.78, 5) is 4.44. The number of para-hydroxylation sites is 1. The minimum Gasteiger partial charge on any atom is -0.486 e. The molecular formula is C15H16ClNO2. The number of hydrogen-bond acceptors (Lipinski definition) is 3. The zero-order valence-electron chi connectivity index (χ0n) is 11.1. The molecule has 1 saturated carbocycles. The van der Waals surface area contributed by atoms with Gasteiger partial charge in [-0.25, -0.2) is 4.98 Å². The third-order valence-electron chi connectivity index (χ3n) is 3.62. The molecule has 19 heavy (non-hydrogen) atoms. The number of benzene rings is 1. The number of pyridine rings is 1. The number of nitrogens with zero attached hydrogens (tertiary/aromatic N) is 1. The van der Waals surface area contributed by atoms with Gasteiger partial charge >= 0.3 is 0 Å². The Hall–Kier alpha value is -1.48. The van der Waals surface area contributed by atoms with Crippen molar-refractivity contribution in [3.8, 4) is 11.6 Å². The first-order valence-electron chi connectivity index (χ1n) is 6.38. The summed E-state index contributed by atoms with van der Waals surface area (Å²) in [7, 11) is 1.58. The second-order valence-corrected chi connectivity index (χ2v) is 5.76. The first-order chi connectivity index (χ1) is 9.13. The van der Waals surface area contributed by atoms with Gasteiger partial charge in [0.05, 0.1) is 24.3 Å². The Labute approximate surface area is 117 Å². The average molecular weight is 278 g/mol. The van der Waals surface area contributed by atoms with Gasteiger partial charge in [-0.1, -0.05) is 36.7 Å². The van der Waals surface area contributed by atoms with Gasteiger partial charge in [-0.05, 0) is 18.9 Å². The predicted octanol–water partition coefficient (Wildman–Crippen LogP) is 4.08. The summed E-state index contributed by atoms with van der Waals surface area (Å²) in [5.41, 5.74) is 1.11. The molecule has 0 radical (unpaired) electrons. The van der Waals surface area contributed by atoms with Crippen LogP contribution in [0.1, 0.15) is 19.8 Å². The Morgan fingerprint density at radius 2 is 2.05 bits per heavy atom. The van der Waals surface area contributed by atoms with Crippen molar-refractivity contribution in [2.45, 2.75) is 19.8 Å². The van der Waals surface area contributed by atoms with Crippen molar-refractivity contribution in [2.75, 3.05) is 13.7 Å². The molecule has 3 nitrogen and oxygen atoms in total. The molecule has 0 spiro atoms. The maximum Gasteiger partial charge on any atom is 0.258 e. The van der Waals surface area contributed by atoms with Crippen LogP contribution in [0.5, 0.6) is 11.6 Å². The van der Waals surface area contributed by atoms with Gasteiger partial charge in [-0.15, -0.1) is 0 Å². The van der Waals surface area contributed by atoms with E-state index >= 15 is 0 Å². The van der Waals surface area contributed by atoms with Crippen LogP contribution in [0.25, 0.3) is 10.9 Å². The van der Waals surface area contributed by atoms with Gasteiger partial charge in [0, 0.05) is 10.8 Å². The van der Waals surface area contributed by atoms with E-state index in [4.69, 9.17) is 21.1 Å². The van der Waals surface area contributed by atoms with Gasteiger partial charge < -0.3 is 9.47 Å². The summed E-state index contributed by atoms with van der Waals surface area (Å²) >= 11 is 6.43. The highest BCUT2D eigenvalue weighted by Crippen LogP contribution is 2.47. The third-order valence-corrected chi connectivity index (χ3v) is 3.99. The highest BCUT2D eigenvalue weighted by Gasteiger charge is 2.38. The molecule has 0 saturated heterocycles. The molecule has 2 aromatic rings. The SMILES string of the molecule is COc1nc2ccccc2c(Cl)c1OCC1(C)CC1. The Morgan fingerprint density at radius 1 is 1.32 bits per heavy atom. The molecule has 100 valence electrons. The van der Waals surface area contributed by atoms with Crippen molar-refractivity contribution in [1.82, 2.24) is 4.98 Å². The number of aromatic nitrogens is 1. The molecule has 1 aliphatic carbocycles. The van der Waals surface area contributed by atoms with Crippen LogP contribution >= 0.6 is 11.6 Å². The Balaban J connectivity index is 2.02. The third kappa shape index (κ3) is 2.35. The molecule has 0 amide bonds. The molecule has 1 fully saturated rings. The largest absolute Gasteiger partial charge is 0.486 e. The molecule has 1 aromatic heterocycles. The number of methoxy groups -OCH3 is 1. The molecule has 0 bridgehead atoms. The number of ether oxygens (including phenoxy) is 2. The predicted molar refractivity (Wildman–Crippen MR) is 76.1 cm³/mol. The van der Waals surface area contributed by atoms with E-state index in [9.17, 15) is 0 Å². The normalized spacial score (nSPS) is 16.4.